The van der Waals surface area contributed by atoms with Crippen molar-refractivity contribution in [2.75, 3.05) is 25.7 Å². The molecule has 8 heteroatoms. The molecule has 0 amide bonds. The van der Waals surface area contributed by atoms with Gasteiger partial charge in [-0.3, -0.25) is 5.10 Å². The zero-order valence-electron chi connectivity index (χ0n) is 12.8. The molecule has 1 aliphatic rings. The first-order chi connectivity index (χ1) is 10.8. The number of H-pyrrole nitrogens is 1. The summed E-state index contributed by atoms with van der Waals surface area (Å²) < 4.78 is 10.3. The van der Waals surface area contributed by atoms with Crippen LogP contribution in [0, 0.1) is 0 Å². The highest BCUT2D eigenvalue weighted by Gasteiger charge is 2.29. The van der Waals surface area contributed by atoms with Gasteiger partial charge in [0.05, 0.1) is 13.2 Å². The Morgan fingerprint density at radius 2 is 2.23 bits per heavy atom. The molecule has 3 heterocycles. The van der Waals surface area contributed by atoms with E-state index in [0.29, 0.717) is 18.4 Å². The number of nitrogens with one attached hydrogen (secondary N) is 1. The quantitative estimate of drug-likeness (QED) is 0.895. The normalized spacial score (nSPS) is 18.5. The van der Waals surface area contributed by atoms with Crippen LogP contribution in [-0.2, 0) is 11.3 Å². The van der Waals surface area contributed by atoms with Gasteiger partial charge >= 0.3 is 0 Å². The lowest BCUT2D eigenvalue weighted by Crippen LogP contribution is -2.35. The molecular weight excluding hydrogens is 284 g/mol. The maximum atomic E-state index is 5.19. The lowest BCUT2D eigenvalue weighted by Gasteiger charge is -2.33. The van der Waals surface area contributed by atoms with Crippen LogP contribution in [0.2, 0.25) is 0 Å². The van der Waals surface area contributed by atoms with Gasteiger partial charge in [0.15, 0.2) is 11.6 Å². The average molecular weight is 304 g/mol. The third kappa shape index (κ3) is 3.01. The lowest BCUT2D eigenvalue weighted by molar-refractivity contribution is 0.178. The van der Waals surface area contributed by atoms with Crippen molar-refractivity contribution in [2.45, 2.75) is 31.9 Å². The predicted octanol–water partition coefficient (Wildman–Crippen LogP) is 1.48. The first-order valence-corrected chi connectivity index (χ1v) is 7.35. The van der Waals surface area contributed by atoms with Gasteiger partial charge < -0.3 is 14.4 Å². The largest absolute Gasteiger partial charge is 0.481 e. The smallest absolute Gasteiger partial charge is 0.229 e. The Balaban J connectivity index is 1.86. The molecule has 3 rings (SSSR count). The topological polar surface area (TPSA) is 89.1 Å². The second kappa shape index (κ2) is 6.69. The fourth-order valence-corrected chi connectivity index (χ4v) is 2.68. The third-order valence-corrected chi connectivity index (χ3v) is 3.71. The highest BCUT2D eigenvalue weighted by Crippen LogP contribution is 2.32. The van der Waals surface area contributed by atoms with E-state index in [9.17, 15) is 0 Å². The summed E-state index contributed by atoms with van der Waals surface area (Å²) in [5.74, 6) is 2.71. The fourth-order valence-electron chi connectivity index (χ4n) is 2.68. The molecule has 0 radical (unpaired) electrons. The van der Waals surface area contributed by atoms with Gasteiger partial charge in [-0.05, 0) is 19.3 Å². The molecule has 2 aromatic rings. The number of rotatable bonds is 5. The Morgan fingerprint density at radius 1 is 1.32 bits per heavy atom. The van der Waals surface area contributed by atoms with Gasteiger partial charge in [0.25, 0.3) is 0 Å². The van der Waals surface area contributed by atoms with Crippen LogP contribution in [0.1, 0.15) is 37.0 Å². The summed E-state index contributed by atoms with van der Waals surface area (Å²) in [5.41, 5.74) is 0. The molecule has 0 bridgehead atoms. The summed E-state index contributed by atoms with van der Waals surface area (Å²) in [4.78, 5) is 15.5. The van der Waals surface area contributed by atoms with Crippen molar-refractivity contribution in [1.29, 1.82) is 0 Å². The lowest BCUT2D eigenvalue weighted by atomic mass is 10.0. The number of nitrogens with zero attached hydrogens (tertiary/aromatic N) is 5. The number of methoxy groups -OCH3 is 2. The molecule has 0 saturated carbocycles. The van der Waals surface area contributed by atoms with Crippen LogP contribution in [-0.4, -0.2) is 45.9 Å². The maximum absolute atomic E-state index is 5.19. The Kier molecular flexibility index (Phi) is 4.47. The van der Waals surface area contributed by atoms with E-state index < -0.39 is 0 Å². The standard InChI is InChI=1S/C14H20N6O2/c1-21-9-11-16-13(19-18-11)10-5-3-4-8-20(10)14-15-7-6-12(17-14)22-2/h6-7,10H,3-5,8-9H2,1-2H3,(H,16,18,19). The molecule has 1 saturated heterocycles. The predicted molar refractivity (Wildman–Crippen MR) is 79.6 cm³/mol. The molecule has 0 spiro atoms. The van der Waals surface area contributed by atoms with E-state index in [2.05, 4.69) is 30.0 Å². The zero-order chi connectivity index (χ0) is 15.4. The monoisotopic (exact) mass is 304 g/mol. The van der Waals surface area contributed by atoms with Crippen LogP contribution in [0.5, 0.6) is 5.88 Å². The molecule has 22 heavy (non-hydrogen) atoms. The number of ether oxygens (including phenoxy) is 2. The van der Waals surface area contributed by atoms with E-state index in [4.69, 9.17) is 9.47 Å². The third-order valence-electron chi connectivity index (χ3n) is 3.71. The van der Waals surface area contributed by atoms with Crippen molar-refractivity contribution in [3.05, 3.63) is 23.9 Å². The first-order valence-electron chi connectivity index (χ1n) is 7.35. The van der Waals surface area contributed by atoms with Crippen molar-refractivity contribution < 1.29 is 9.47 Å². The van der Waals surface area contributed by atoms with E-state index >= 15 is 0 Å². The number of piperidine rings is 1. The van der Waals surface area contributed by atoms with Gasteiger partial charge in [-0.25, -0.2) is 9.97 Å². The second-order valence-electron chi connectivity index (χ2n) is 5.18. The summed E-state index contributed by atoms with van der Waals surface area (Å²) in [7, 11) is 3.24. The SMILES string of the molecule is COCc1nc(C2CCCCN2c2nccc(OC)n2)n[nH]1. The molecular formula is C14H20N6O2. The fraction of sp³-hybridized carbons (Fsp3) is 0.571. The van der Waals surface area contributed by atoms with Crippen molar-refractivity contribution in [3.63, 3.8) is 0 Å². The summed E-state index contributed by atoms with van der Waals surface area (Å²) in [6, 6.07) is 1.81. The average Bonchev–Trinajstić information content (AvgIpc) is 3.04. The molecule has 118 valence electrons. The Bertz CT molecular complexity index is 617. The molecule has 8 nitrogen and oxygen atoms in total. The van der Waals surface area contributed by atoms with Crippen LogP contribution in [0.25, 0.3) is 0 Å². The zero-order valence-corrected chi connectivity index (χ0v) is 12.8. The first kappa shape index (κ1) is 14.7. The summed E-state index contributed by atoms with van der Waals surface area (Å²) >= 11 is 0. The van der Waals surface area contributed by atoms with E-state index in [1.165, 1.54) is 0 Å². The van der Waals surface area contributed by atoms with Gasteiger partial charge in [-0.15, -0.1) is 0 Å². The number of anilines is 1. The Labute approximate surface area is 128 Å². The van der Waals surface area contributed by atoms with Crippen LogP contribution < -0.4 is 9.64 Å². The second-order valence-corrected chi connectivity index (χ2v) is 5.18. The number of aromatic amines is 1. The summed E-state index contributed by atoms with van der Waals surface area (Å²) in [5, 5.41) is 7.25. The number of hydrogen-bond acceptors (Lipinski definition) is 7. The minimum Gasteiger partial charge on any atom is -0.481 e. The molecule has 2 aromatic heterocycles. The van der Waals surface area contributed by atoms with Crippen molar-refractivity contribution in [1.82, 2.24) is 25.1 Å². The van der Waals surface area contributed by atoms with Crippen LogP contribution in [0.15, 0.2) is 12.3 Å². The number of aromatic nitrogens is 5. The number of hydrogen-bond donors (Lipinski definition) is 1. The van der Waals surface area contributed by atoms with Crippen molar-refractivity contribution >= 4 is 5.95 Å². The van der Waals surface area contributed by atoms with Crippen LogP contribution >= 0.6 is 0 Å². The Morgan fingerprint density at radius 3 is 3.05 bits per heavy atom. The molecule has 0 aromatic carbocycles. The molecule has 1 aliphatic heterocycles. The molecule has 1 N–H and O–H groups in total. The summed E-state index contributed by atoms with van der Waals surface area (Å²) in [6.45, 7) is 1.31. The molecule has 1 atom stereocenters. The van der Waals surface area contributed by atoms with Crippen molar-refractivity contribution in [2.24, 2.45) is 0 Å². The Hall–Kier alpha value is -2.22. The van der Waals surface area contributed by atoms with Gasteiger partial charge in [0, 0.05) is 25.9 Å². The van der Waals surface area contributed by atoms with Gasteiger partial charge in [-0.1, -0.05) is 0 Å². The van der Waals surface area contributed by atoms with E-state index in [0.717, 1.165) is 37.5 Å². The van der Waals surface area contributed by atoms with Crippen LogP contribution in [0.3, 0.4) is 0 Å². The van der Waals surface area contributed by atoms with Gasteiger partial charge in [0.1, 0.15) is 6.61 Å². The van der Waals surface area contributed by atoms with Crippen molar-refractivity contribution in [3.8, 4) is 5.88 Å². The van der Waals surface area contributed by atoms with E-state index in [-0.39, 0.29) is 6.04 Å². The molecule has 1 fully saturated rings. The molecule has 0 aliphatic carbocycles. The highest BCUT2D eigenvalue weighted by molar-refractivity contribution is 5.35. The maximum Gasteiger partial charge on any atom is 0.229 e. The van der Waals surface area contributed by atoms with Gasteiger partial charge in [-0.2, -0.15) is 10.1 Å². The summed E-state index contributed by atoms with van der Waals surface area (Å²) in [6.07, 6.45) is 4.93. The van der Waals surface area contributed by atoms with E-state index in [1.54, 1.807) is 26.5 Å². The van der Waals surface area contributed by atoms with Crippen LogP contribution in [0.4, 0.5) is 5.95 Å². The minimum absolute atomic E-state index is 0.0720. The highest BCUT2D eigenvalue weighted by atomic mass is 16.5. The minimum atomic E-state index is 0.0720. The molecule has 1 unspecified atom stereocenters. The van der Waals surface area contributed by atoms with E-state index in [1.807, 2.05) is 0 Å². The van der Waals surface area contributed by atoms with Gasteiger partial charge in [0.2, 0.25) is 11.8 Å².